The predicted octanol–water partition coefficient (Wildman–Crippen LogP) is 5.37. The fourth-order valence-corrected chi connectivity index (χ4v) is 5.48. The molecule has 174 valence electrons. The molecular weight excluding hydrogens is 431 g/mol. The number of pyridine rings is 1. The number of nitrogens with zero attached hydrogens (tertiary/aromatic N) is 3. The lowest BCUT2D eigenvalue weighted by Crippen LogP contribution is -2.22. The molecule has 0 bridgehead atoms. The van der Waals surface area contributed by atoms with Gasteiger partial charge in [0, 0.05) is 37.3 Å². The highest BCUT2D eigenvalue weighted by atomic mass is 19.1. The molecule has 2 aromatic heterocycles. The molecule has 0 radical (unpaired) electrons. The van der Waals surface area contributed by atoms with E-state index in [4.69, 9.17) is 9.72 Å². The Hall–Kier alpha value is -3.32. The molecule has 1 aliphatic carbocycles. The van der Waals surface area contributed by atoms with Gasteiger partial charge in [-0.15, -0.1) is 0 Å². The second-order valence-corrected chi connectivity index (χ2v) is 9.48. The van der Waals surface area contributed by atoms with E-state index in [2.05, 4.69) is 9.97 Å². The number of carbonyl (C=O) groups is 1. The number of imidazole rings is 1. The van der Waals surface area contributed by atoms with Gasteiger partial charge in [0.25, 0.3) is 5.91 Å². The summed E-state index contributed by atoms with van der Waals surface area (Å²) < 4.78 is 19.8. The Morgan fingerprint density at radius 3 is 2.68 bits per heavy atom. The van der Waals surface area contributed by atoms with Crippen LogP contribution in [0.5, 0.6) is 0 Å². The molecule has 0 unspecified atom stereocenters. The Kier molecular flexibility index (Phi) is 5.29. The number of hydrogen-bond acceptors (Lipinski definition) is 4. The molecule has 6 nitrogen and oxygen atoms in total. The quantitative estimate of drug-likeness (QED) is 0.408. The molecule has 1 atom stereocenters. The van der Waals surface area contributed by atoms with Crippen molar-refractivity contribution in [1.82, 2.24) is 19.9 Å². The summed E-state index contributed by atoms with van der Waals surface area (Å²) in [5, 5.41) is 0.916. The molecular formula is C27H27FN4O2. The van der Waals surface area contributed by atoms with Gasteiger partial charge in [-0.1, -0.05) is 0 Å². The van der Waals surface area contributed by atoms with Crippen LogP contribution < -0.4 is 0 Å². The van der Waals surface area contributed by atoms with Crippen LogP contribution in [0.2, 0.25) is 0 Å². The molecule has 0 spiro atoms. The zero-order valence-corrected chi connectivity index (χ0v) is 19.1. The molecule has 1 saturated carbocycles. The van der Waals surface area contributed by atoms with Gasteiger partial charge in [-0.3, -0.25) is 9.78 Å². The largest absolute Gasteiger partial charge is 0.373 e. The third-order valence-electron chi connectivity index (χ3n) is 7.38. The first-order chi connectivity index (χ1) is 16.6. The van der Waals surface area contributed by atoms with Crippen molar-refractivity contribution in [2.75, 3.05) is 20.2 Å². The van der Waals surface area contributed by atoms with Crippen molar-refractivity contribution in [2.45, 2.75) is 37.7 Å². The van der Waals surface area contributed by atoms with Crippen molar-refractivity contribution in [1.29, 1.82) is 0 Å². The molecule has 1 amide bonds. The van der Waals surface area contributed by atoms with Gasteiger partial charge in [-0.2, -0.15) is 0 Å². The molecule has 1 N–H and O–H groups in total. The third-order valence-corrected chi connectivity index (χ3v) is 7.38. The van der Waals surface area contributed by atoms with Gasteiger partial charge in [0.05, 0.1) is 16.6 Å². The second kappa shape index (κ2) is 8.47. The number of aromatic amines is 1. The normalized spacial score (nSPS) is 21.2. The van der Waals surface area contributed by atoms with Crippen molar-refractivity contribution in [2.24, 2.45) is 5.92 Å². The number of aromatic nitrogens is 3. The molecule has 2 fully saturated rings. The standard InChI is InChI=1S/C27H27FN4O2/c1-34-25(26-30-23-8-6-18(14-24(23)31-26)27(33)32-12-13-32)17-4-2-16(3-5-17)20-10-11-29-22-9-7-19(28)15-21(20)22/h6-11,14-17,25H,2-5,12-13H2,1H3,(H,30,31)/t16-,17+,25-/m1/s1. The summed E-state index contributed by atoms with van der Waals surface area (Å²) in [4.78, 5) is 26.8. The Morgan fingerprint density at radius 1 is 1.09 bits per heavy atom. The van der Waals surface area contributed by atoms with E-state index in [-0.39, 0.29) is 17.8 Å². The van der Waals surface area contributed by atoms with Crippen molar-refractivity contribution >= 4 is 27.8 Å². The van der Waals surface area contributed by atoms with Crippen LogP contribution >= 0.6 is 0 Å². The maximum Gasteiger partial charge on any atom is 0.254 e. The summed E-state index contributed by atoms with van der Waals surface area (Å²) >= 11 is 0. The van der Waals surface area contributed by atoms with E-state index in [1.807, 2.05) is 35.4 Å². The van der Waals surface area contributed by atoms with Crippen molar-refractivity contribution in [3.8, 4) is 0 Å². The second-order valence-electron chi connectivity index (χ2n) is 9.48. The number of fused-ring (bicyclic) bond motifs is 2. The maximum atomic E-state index is 13.9. The lowest BCUT2D eigenvalue weighted by atomic mass is 9.76. The molecule has 7 heteroatoms. The van der Waals surface area contributed by atoms with E-state index < -0.39 is 0 Å². The van der Waals surface area contributed by atoms with E-state index in [0.29, 0.717) is 17.4 Å². The molecule has 2 aromatic carbocycles. The van der Waals surface area contributed by atoms with E-state index in [9.17, 15) is 9.18 Å². The van der Waals surface area contributed by atoms with Crippen LogP contribution in [0.1, 0.15) is 59.5 Å². The SMILES string of the molecule is CO[C@@H](c1nc2cc(C(=O)N3CC3)ccc2[nH]1)[C@H]1CC[C@@H](c2ccnc3ccc(F)cc32)CC1. The summed E-state index contributed by atoms with van der Waals surface area (Å²) in [6.07, 6.45) is 5.71. The van der Waals surface area contributed by atoms with Crippen LogP contribution in [0.15, 0.2) is 48.7 Å². The van der Waals surface area contributed by atoms with Gasteiger partial charge in [0.2, 0.25) is 0 Å². The third kappa shape index (κ3) is 3.84. The molecule has 1 saturated heterocycles. The number of hydrogen-bond donors (Lipinski definition) is 1. The minimum absolute atomic E-state index is 0.0663. The Bertz CT molecular complexity index is 1370. The average molecular weight is 459 g/mol. The number of rotatable bonds is 5. The van der Waals surface area contributed by atoms with Crippen LogP contribution in [0.25, 0.3) is 21.9 Å². The number of amides is 1. The van der Waals surface area contributed by atoms with Crippen LogP contribution in [-0.2, 0) is 4.74 Å². The van der Waals surface area contributed by atoms with Crippen LogP contribution in [0.3, 0.4) is 0 Å². The van der Waals surface area contributed by atoms with Gasteiger partial charge in [0.1, 0.15) is 17.7 Å². The number of benzene rings is 2. The summed E-state index contributed by atoms with van der Waals surface area (Å²) in [6, 6.07) is 12.5. The molecule has 6 rings (SSSR count). The Morgan fingerprint density at radius 2 is 1.91 bits per heavy atom. The Balaban J connectivity index is 1.20. The monoisotopic (exact) mass is 458 g/mol. The van der Waals surface area contributed by atoms with Crippen LogP contribution in [0.4, 0.5) is 4.39 Å². The van der Waals surface area contributed by atoms with E-state index in [1.165, 1.54) is 11.6 Å². The smallest absolute Gasteiger partial charge is 0.254 e. The van der Waals surface area contributed by atoms with Crippen molar-refractivity contribution in [3.05, 3.63) is 71.4 Å². The predicted molar refractivity (Wildman–Crippen MR) is 128 cm³/mol. The lowest BCUT2D eigenvalue weighted by molar-refractivity contribution is 0.0274. The minimum Gasteiger partial charge on any atom is -0.373 e. The topological polar surface area (TPSA) is 70.9 Å². The van der Waals surface area contributed by atoms with Gasteiger partial charge >= 0.3 is 0 Å². The first-order valence-electron chi connectivity index (χ1n) is 12.0. The first-order valence-corrected chi connectivity index (χ1v) is 12.0. The minimum atomic E-state index is -0.223. The number of methoxy groups -OCH3 is 1. The van der Waals surface area contributed by atoms with Gasteiger partial charge in [-0.05, 0) is 85.5 Å². The highest BCUT2D eigenvalue weighted by Gasteiger charge is 2.32. The summed E-state index contributed by atoms with van der Waals surface area (Å²) in [5.41, 5.74) is 4.42. The number of H-pyrrole nitrogens is 1. The molecule has 1 aliphatic heterocycles. The molecule has 3 heterocycles. The van der Waals surface area contributed by atoms with E-state index >= 15 is 0 Å². The van der Waals surface area contributed by atoms with Crippen LogP contribution in [0, 0.1) is 11.7 Å². The molecule has 4 aromatic rings. The van der Waals surface area contributed by atoms with E-state index in [0.717, 1.165) is 66.5 Å². The van der Waals surface area contributed by atoms with Gasteiger partial charge in [-0.25, -0.2) is 9.37 Å². The van der Waals surface area contributed by atoms with Crippen LogP contribution in [-0.4, -0.2) is 46.0 Å². The molecule has 2 aliphatic rings. The maximum absolute atomic E-state index is 13.9. The number of ether oxygens (including phenoxy) is 1. The van der Waals surface area contributed by atoms with Gasteiger partial charge < -0.3 is 14.6 Å². The van der Waals surface area contributed by atoms with E-state index in [1.54, 1.807) is 19.2 Å². The number of carbonyl (C=O) groups excluding carboxylic acids is 1. The average Bonchev–Trinajstić information content (AvgIpc) is 3.63. The zero-order valence-electron chi connectivity index (χ0n) is 19.1. The summed E-state index contributed by atoms with van der Waals surface area (Å²) in [6.45, 7) is 1.67. The fraction of sp³-hybridized carbons (Fsp3) is 0.370. The lowest BCUT2D eigenvalue weighted by Gasteiger charge is -2.33. The number of nitrogens with one attached hydrogen (secondary N) is 1. The molecule has 34 heavy (non-hydrogen) atoms. The summed E-state index contributed by atoms with van der Waals surface area (Å²) in [7, 11) is 1.73. The first kappa shape index (κ1) is 21.2. The number of halogens is 1. The zero-order chi connectivity index (χ0) is 23.2. The highest BCUT2D eigenvalue weighted by molar-refractivity contribution is 5.98. The van der Waals surface area contributed by atoms with Crippen molar-refractivity contribution < 1.29 is 13.9 Å². The van der Waals surface area contributed by atoms with Crippen molar-refractivity contribution in [3.63, 3.8) is 0 Å². The summed E-state index contributed by atoms with van der Waals surface area (Å²) in [5.74, 6) is 1.37. The van der Waals surface area contributed by atoms with Gasteiger partial charge in [0.15, 0.2) is 0 Å². The highest BCUT2D eigenvalue weighted by Crippen LogP contribution is 2.43. The fourth-order valence-electron chi connectivity index (χ4n) is 5.48. The Labute approximate surface area is 197 Å².